The summed E-state index contributed by atoms with van der Waals surface area (Å²) < 4.78 is 0. The minimum absolute atomic E-state index is 0.876. The van der Waals surface area contributed by atoms with Crippen molar-refractivity contribution in [3.05, 3.63) is 0 Å². The molecule has 4 unspecified atom stereocenters. The molecular formula is C24H51N. The van der Waals surface area contributed by atoms with Gasteiger partial charge < -0.3 is 5.32 Å². The Kier molecular flexibility index (Phi) is 17.3. The van der Waals surface area contributed by atoms with Crippen LogP contribution in [-0.2, 0) is 0 Å². The van der Waals surface area contributed by atoms with E-state index in [-0.39, 0.29) is 0 Å². The van der Waals surface area contributed by atoms with Crippen molar-refractivity contribution in [1.29, 1.82) is 0 Å². The van der Waals surface area contributed by atoms with E-state index in [0.29, 0.717) is 0 Å². The zero-order chi connectivity index (χ0) is 18.9. The zero-order valence-corrected chi connectivity index (χ0v) is 18.7. The molecule has 1 N–H and O–H groups in total. The normalized spacial score (nSPS) is 16.6. The summed E-state index contributed by atoms with van der Waals surface area (Å²) in [5.41, 5.74) is 0. The molecule has 0 saturated heterocycles. The summed E-state index contributed by atoms with van der Waals surface area (Å²) in [5.74, 6) is 3.65. The predicted molar refractivity (Wildman–Crippen MR) is 116 cm³/mol. The van der Waals surface area contributed by atoms with Gasteiger partial charge in [-0.2, -0.15) is 0 Å². The van der Waals surface area contributed by atoms with Gasteiger partial charge in [0.05, 0.1) is 0 Å². The molecule has 0 aromatic heterocycles. The van der Waals surface area contributed by atoms with Gasteiger partial charge in [-0.05, 0) is 49.6 Å². The summed E-state index contributed by atoms with van der Waals surface area (Å²) >= 11 is 0. The molecule has 0 aromatic rings. The molecule has 0 aliphatic heterocycles. The molecule has 0 amide bonds. The van der Waals surface area contributed by atoms with Gasteiger partial charge in [0.2, 0.25) is 0 Å². The van der Waals surface area contributed by atoms with Crippen LogP contribution in [0.25, 0.3) is 0 Å². The lowest BCUT2D eigenvalue weighted by Gasteiger charge is -2.25. The molecular weight excluding hydrogens is 302 g/mol. The molecule has 152 valence electrons. The Bertz CT molecular complexity index is 237. The average molecular weight is 354 g/mol. The highest BCUT2D eigenvalue weighted by molar-refractivity contribution is 4.71. The highest BCUT2D eigenvalue weighted by Gasteiger charge is 2.16. The first-order chi connectivity index (χ1) is 12.1. The third kappa shape index (κ3) is 12.9. The van der Waals surface area contributed by atoms with Crippen LogP contribution in [0.5, 0.6) is 0 Å². The molecule has 0 aromatic carbocycles. The first kappa shape index (κ1) is 25.0. The van der Waals surface area contributed by atoms with Gasteiger partial charge in [0.1, 0.15) is 0 Å². The molecule has 0 fully saturated rings. The van der Waals surface area contributed by atoms with Crippen LogP contribution in [0, 0.1) is 23.7 Å². The summed E-state index contributed by atoms with van der Waals surface area (Å²) in [5, 5.41) is 3.86. The highest BCUT2D eigenvalue weighted by Crippen LogP contribution is 2.25. The molecule has 0 bridgehead atoms. The van der Waals surface area contributed by atoms with Crippen LogP contribution in [0.15, 0.2) is 0 Å². The number of unbranched alkanes of at least 4 members (excludes halogenated alkanes) is 2. The number of rotatable bonds is 18. The van der Waals surface area contributed by atoms with Crippen LogP contribution in [0.2, 0.25) is 0 Å². The van der Waals surface area contributed by atoms with E-state index in [1.807, 2.05) is 0 Å². The van der Waals surface area contributed by atoms with Gasteiger partial charge >= 0.3 is 0 Å². The second kappa shape index (κ2) is 17.4. The van der Waals surface area contributed by atoms with Crippen molar-refractivity contribution in [3.8, 4) is 0 Å². The predicted octanol–water partition coefficient (Wildman–Crippen LogP) is 7.84. The first-order valence-corrected chi connectivity index (χ1v) is 11.8. The van der Waals surface area contributed by atoms with Gasteiger partial charge in [-0.3, -0.25) is 0 Å². The average Bonchev–Trinajstić information content (AvgIpc) is 2.65. The molecule has 0 aliphatic rings. The minimum Gasteiger partial charge on any atom is -0.316 e. The lowest BCUT2D eigenvalue weighted by Crippen LogP contribution is -2.30. The molecule has 0 saturated carbocycles. The second-order valence-electron chi connectivity index (χ2n) is 8.51. The minimum atomic E-state index is 0.876. The Labute approximate surface area is 161 Å². The van der Waals surface area contributed by atoms with Crippen molar-refractivity contribution in [3.63, 3.8) is 0 Å². The lowest BCUT2D eigenvalue weighted by atomic mass is 9.86. The maximum absolute atomic E-state index is 3.86. The van der Waals surface area contributed by atoms with Crippen molar-refractivity contribution in [2.45, 2.75) is 119 Å². The molecule has 4 atom stereocenters. The van der Waals surface area contributed by atoms with E-state index in [0.717, 1.165) is 23.7 Å². The Hall–Kier alpha value is -0.0400. The van der Waals surface area contributed by atoms with E-state index in [2.05, 4.69) is 46.9 Å². The molecule has 0 heterocycles. The second-order valence-corrected chi connectivity index (χ2v) is 8.51. The van der Waals surface area contributed by atoms with Crippen molar-refractivity contribution in [2.75, 3.05) is 13.1 Å². The van der Waals surface area contributed by atoms with Crippen LogP contribution in [0.3, 0.4) is 0 Å². The number of nitrogens with one attached hydrogen (secondary N) is 1. The summed E-state index contributed by atoms with van der Waals surface area (Å²) in [6.07, 6.45) is 16.7. The molecule has 0 aliphatic carbocycles. The maximum Gasteiger partial charge on any atom is -0.00204 e. The summed E-state index contributed by atoms with van der Waals surface area (Å²) in [4.78, 5) is 0. The molecule has 0 rings (SSSR count). The Morgan fingerprint density at radius 1 is 0.520 bits per heavy atom. The van der Waals surface area contributed by atoms with Crippen LogP contribution >= 0.6 is 0 Å². The fourth-order valence-electron chi connectivity index (χ4n) is 4.19. The van der Waals surface area contributed by atoms with Gasteiger partial charge in [-0.25, -0.2) is 0 Å². The van der Waals surface area contributed by atoms with Crippen molar-refractivity contribution in [2.24, 2.45) is 23.7 Å². The molecule has 1 heteroatoms. The summed E-state index contributed by atoms with van der Waals surface area (Å²) in [7, 11) is 0. The van der Waals surface area contributed by atoms with Crippen molar-refractivity contribution in [1.82, 2.24) is 5.32 Å². The van der Waals surface area contributed by atoms with Gasteiger partial charge in [0.15, 0.2) is 0 Å². The monoisotopic (exact) mass is 353 g/mol. The van der Waals surface area contributed by atoms with Gasteiger partial charge in [-0.1, -0.05) is 106 Å². The highest BCUT2D eigenvalue weighted by atomic mass is 14.9. The third-order valence-corrected chi connectivity index (χ3v) is 6.44. The van der Waals surface area contributed by atoms with Crippen LogP contribution in [-0.4, -0.2) is 13.1 Å². The Morgan fingerprint density at radius 3 is 1.16 bits per heavy atom. The number of hydrogen-bond donors (Lipinski definition) is 1. The van der Waals surface area contributed by atoms with E-state index in [4.69, 9.17) is 0 Å². The summed E-state index contributed by atoms with van der Waals surface area (Å²) in [6, 6.07) is 0. The Balaban J connectivity index is 4.18. The van der Waals surface area contributed by atoms with E-state index in [1.54, 1.807) is 0 Å². The van der Waals surface area contributed by atoms with Crippen LogP contribution in [0.1, 0.15) is 119 Å². The first-order valence-electron chi connectivity index (χ1n) is 11.8. The van der Waals surface area contributed by atoms with E-state index in [9.17, 15) is 0 Å². The van der Waals surface area contributed by atoms with Gasteiger partial charge in [0.25, 0.3) is 0 Å². The Morgan fingerprint density at radius 2 is 0.880 bits per heavy atom. The van der Waals surface area contributed by atoms with Crippen LogP contribution < -0.4 is 5.32 Å². The topological polar surface area (TPSA) is 12.0 Å². The summed E-state index contributed by atoms with van der Waals surface area (Å²) in [6.45, 7) is 16.6. The standard InChI is InChI=1S/C24H51N/c1-7-13-15-21(9-3)17-23(11-5)19-25-20-24(12-6)18-22(10-4)16-14-8-2/h21-25H,7-20H2,1-6H3. The molecule has 0 spiro atoms. The molecule has 25 heavy (non-hydrogen) atoms. The molecule has 0 radical (unpaired) electrons. The fraction of sp³-hybridized carbons (Fsp3) is 1.00. The zero-order valence-electron chi connectivity index (χ0n) is 18.7. The van der Waals surface area contributed by atoms with Crippen molar-refractivity contribution < 1.29 is 0 Å². The quantitative estimate of drug-likeness (QED) is 0.264. The van der Waals surface area contributed by atoms with E-state index < -0.39 is 0 Å². The smallest absolute Gasteiger partial charge is 0.00204 e. The van der Waals surface area contributed by atoms with E-state index in [1.165, 1.54) is 90.1 Å². The maximum atomic E-state index is 3.86. The van der Waals surface area contributed by atoms with Gasteiger partial charge in [0, 0.05) is 0 Å². The van der Waals surface area contributed by atoms with E-state index >= 15 is 0 Å². The molecule has 1 nitrogen and oxygen atoms in total. The van der Waals surface area contributed by atoms with Crippen molar-refractivity contribution >= 4 is 0 Å². The van der Waals surface area contributed by atoms with Crippen LogP contribution in [0.4, 0.5) is 0 Å². The lowest BCUT2D eigenvalue weighted by molar-refractivity contribution is 0.292. The third-order valence-electron chi connectivity index (χ3n) is 6.44. The largest absolute Gasteiger partial charge is 0.316 e. The fourth-order valence-corrected chi connectivity index (χ4v) is 4.19. The van der Waals surface area contributed by atoms with Gasteiger partial charge in [-0.15, -0.1) is 0 Å². The number of hydrogen-bond acceptors (Lipinski definition) is 1. The SMILES string of the molecule is CCCCC(CC)CC(CC)CNCC(CC)CC(CC)CCCC.